The number of amides is 1. The van der Waals surface area contributed by atoms with Gasteiger partial charge in [-0.25, -0.2) is 22.8 Å². The molecule has 0 spiro atoms. The van der Waals surface area contributed by atoms with Crippen molar-refractivity contribution in [1.82, 2.24) is 15.2 Å². The van der Waals surface area contributed by atoms with Gasteiger partial charge < -0.3 is 34.5 Å². The molecule has 0 aliphatic carbocycles. The van der Waals surface area contributed by atoms with Gasteiger partial charge in [0.25, 0.3) is 0 Å². The Morgan fingerprint density at radius 3 is 2.42 bits per heavy atom. The molecule has 1 amide bonds. The van der Waals surface area contributed by atoms with Crippen molar-refractivity contribution >= 4 is 57.4 Å². The summed E-state index contributed by atoms with van der Waals surface area (Å²) < 4.78 is 58.4. The highest BCUT2D eigenvalue weighted by Gasteiger charge is 2.33. The molecule has 2 saturated heterocycles. The van der Waals surface area contributed by atoms with Gasteiger partial charge in [-0.3, -0.25) is 9.69 Å². The molecule has 0 saturated carbocycles. The van der Waals surface area contributed by atoms with Crippen LogP contribution in [0.2, 0.25) is 0 Å². The SMILES string of the molecule is CCOC(=O)c1cn(CC)c2c(F)c(N3CCN(c4ccc(N5C[C@H](CNC(=S)NC)OC5=O)cc4F)CC3)c(F)cc2c1=O. The zero-order chi connectivity index (χ0) is 32.4. The molecule has 240 valence electrons. The van der Waals surface area contributed by atoms with Gasteiger partial charge in [-0.1, -0.05) is 0 Å². The van der Waals surface area contributed by atoms with Gasteiger partial charge >= 0.3 is 12.1 Å². The van der Waals surface area contributed by atoms with E-state index < -0.39 is 41.0 Å². The highest BCUT2D eigenvalue weighted by molar-refractivity contribution is 7.80. The maximum atomic E-state index is 16.0. The maximum absolute atomic E-state index is 16.0. The molecule has 45 heavy (non-hydrogen) atoms. The van der Waals surface area contributed by atoms with Crippen LogP contribution in [-0.2, 0) is 16.0 Å². The lowest BCUT2D eigenvalue weighted by Crippen LogP contribution is -2.47. The van der Waals surface area contributed by atoms with Gasteiger partial charge in [0.05, 0.1) is 42.0 Å². The molecule has 2 aliphatic rings. The number of anilines is 3. The molecule has 0 radical (unpaired) electrons. The van der Waals surface area contributed by atoms with E-state index in [1.54, 1.807) is 37.9 Å². The molecule has 2 fully saturated rings. The van der Waals surface area contributed by atoms with Crippen molar-refractivity contribution < 1.29 is 32.2 Å². The summed E-state index contributed by atoms with van der Waals surface area (Å²) in [7, 11) is 1.67. The number of fused-ring (bicyclic) bond motifs is 1. The van der Waals surface area contributed by atoms with Gasteiger partial charge in [0.1, 0.15) is 29.0 Å². The molecule has 1 atom stereocenters. The summed E-state index contributed by atoms with van der Waals surface area (Å²) in [6, 6.07) is 5.40. The van der Waals surface area contributed by atoms with Crippen molar-refractivity contribution in [3.05, 3.63) is 63.7 Å². The van der Waals surface area contributed by atoms with Crippen LogP contribution < -0.4 is 30.8 Å². The molecule has 2 aliphatic heterocycles. The summed E-state index contributed by atoms with van der Waals surface area (Å²) in [6.07, 6.45) is 0.167. The third-order valence-corrected chi connectivity index (χ3v) is 8.19. The second-order valence-corrected chi connectivity index (χ2v) is 10.9. The number of nitrogens with zero attached hydrogens (tertiary/aromatic N) is 4. The van der Waals surface area contributed by atoms with Gasteiger partial charge in [0.15, 0.2) is 10.9 Å². The predicted octanol–water partition coefficient (Wildman–Crippen LogP) is 3.36. The van der Waals surface area contributed by atoms with E-state index in [1.807, 2.05) is 0 Å². The molecular weight excluding hydrogens is 613 g/mol. The lowest BCUT2D eigenvalue weighted by atomic mass is 10.1. The third-order valence-electron chi connectivity index (χ3n) is 7.84. The van der Waals surface area contributed by atoms with Crippen molar-refractivity contribution in [3.63, 3.8) is 0 Å². The Balaban J connectivity index is 1.32. The second kappa shape index (κ2) is 13.2. The van der Waals surface area contributed by atoms with Crippen LogP contribution in [0.4, 0.5) is 35.0 Å². The summed E-state index contributed by atoms with van der Waals surface area (Å²) >= 11 is 5.04. The molecule has 2 aromatic carbocycles. The van der Waals surface area contributed by atoms with Crippen molar-refractivity contribution in [2.75, 3.05) is 67.6 Å². The van der Waals surface area contributed by atoms with E-state index in [2.05, 4.69) is 10.6 Å². The summed E-state index contributed by atoms with van der Waals surface area (Å²) in [6.45, 7) is 4.91. The van der Waals surface area contributed by atoms with Gasteiger partial charge in [-0.2, -0.15) is 0 Å². The summed E-state index contributed by atoms with van der Waals surface area (Å²) in [5.41, 5.74) is -0.892. The van der Waals surface area contributed by atoms with Gasteiger partial charge in [-0.15, -0.1) is 0 Å². The molecular formula is C30H33F3N6O5S. The number of pyridine rings is 1. The first kappa shape index (κ1) is 31.9. The number of ether oxygens (including phenoxy) is 2. The zero-order valence-electron chi connectivity index (χ0n) is 25.0. The number of rotatable bonds is 8. The smallest absolute Gasteiger partial charge is 0.414 e. The largest absolute Gasteiger partial charge is 0.462 e. The van der Waals surface area contributed by atoms with Crippen molar-refractivity contribution in [2.24, 2.45) is 0 Å². The molecule has 3 aromatic rings. The normalized spacial score (nSPS) is 16.6. The fourth-order valence-corrected chi connectivity index (χ4v) is 5.68. The Bertz CT molecular complexity index is 1710. The van der Waals surface area contributed by atoms with Gasteiger partial charge in [0.2, 0.25) is 5.43 Å². The topological polar surface area (TPSA) is 108 Å². The zero-order valence-corrected chi connectivity index (χ0v) is 25.8. The van der Waals surface area contributed by atoms with Gasteiger partial charge in [0, 0.05) is 46.0 Å². The number of aryl methyl sites for hydroxylation is 1. The number of thiocarbonyl (C=S) groups is 1. The number of hydrogen-bond donors (Lipinski definition) is 2. The number of aromatic nitrogens is 1. The Kier molecular flexibility index (Phi) is 9.37. The Morgan fingerprint density at radius 2 is 1.78 bits per heavy atom. The van der Waals surface area contributed by atoms with E-state index in [1.165, 1.54) is 26.6 Å². The quantitative estimate of drug-likeness (QED) is 0.280. The van der Waals surface area contributed by atoms with Crippen LogP contribution in [0.25, 0.3) is 10.9 Å². The van der Waals surface area contributed by atoms with Crippen molar-refractivity contribution in [2.45, 2.75) is 26.5 Å². The van der Waals surface area contributed by atoms with E-state index >= 15 is 13.2 Å². The van der Waals surface area contributed by atoms with Crippen LogP contribution in [0.1, 0.15) is 24.2 Å². The molecule has 11 nitrogen and oxygen atoms in total. The van der Waals surface area contributed by atoms with Crippen LogP contribution in [0.15, 0.2) is 35.3 Å². The minimum Gasteiger partial charge on any atom is -0.462 e. The fraction of sp³-hybridized carbons (Fsp3) is 0.400. The van der Waals surface area contributed by atoms with Crippen LogP contribution >= 0.6 is 12.2 Å². The summed E-state index contributed by atoms with van der Waals surface area (Å²) in [5.74, 6) is -3.27. The Morgan fingerprint density at radius 1 is 1.07 bits per heavy atom. The van der Waals surface area contributed by atoms with Crippen LogP contribution in [-0.4, -0.2) is 80.8 Å². The Hall–Kier alpha value is -4.53. The van der Waals surface area contributed by atoms with Crippen LogP contribution in [0.3, 0.4) is 0 Å². The maximum Gasteiger partial charge on any atom is 0.414 e. The van der Waals surface area contributed by atoms with Gasteiger partial charge in [-0.05, 0) is 50.3 Å². The van der Waals surface area contributed by atoms with Crippen molar-refractivity contribution in [3.8, 4) is 0 Å². The standard InChI is InChI=1S/C30H33F3N6O5S/c1-4-36-16-20(28(41)43-5-2)27(40)19-13-22(32)26(24(33)25(19)36)38-10-8-37(9-11-38)23-7-6-17(12-21(23)31)39-15-18(44-30(39)42)14-35-29(45)34-3/h6-7,12-13,16,18H,4-5,8-11,14-15H2,1-3H3,(H2,34,35,45)/t18-/m0/s1. The molecule has 2 N–H and O–H groups in total. The van der Waals surface area contributed by atoms with Crippen molar-refractivity contribution in [1.29, 1.82) is 0 Å². The van der Waals surface area contributed by atoms with Crippen LogP contribution in [0, 0.1) is 17.5 Å². The number of cyclic esters (lactones) is 1. The predicted molar refractivity (Wildman–Crippen MR) is 168 cm³/mol. The lowest BCUT2D eigenvalue weighted by molar-refractivity contribution is 0.0524. The highest BCUT2D eigenvalue weighted by atomic mass is 32.1. The number of halogens is 3. The van der Waals surface area contributed by atoms with E-state index in [-0.39, 0.29) is 73.7 Å². The minimum atomic E-state index is -0.941. The average Bonchev–Trinajstić information content (AvgIpc) is 3.40. The molecule has 3 heterocycles. The number of hydrogen-bond acceptors (Lipinski definition) is 8. The minimum absolute atomic E-state index is 0.0445. The molecule has 1 aromatic heterocycles. The fourth-order valence-electron chi connectivity index (χ4n) is 5.59. The number of esters is 1. The van der Waals surface area contributed by atoms with E-state index in [4.69, 9.17) is 21.7 Å². The summed E-state index contributed by atoms with van der Waals surface area (Å²) in [5, 5.41) is 5.86. The highest BCUT2D eigenvalue weighted by Crippen LogP contribution is 2.33. The first-order valence-corrected chi connectivity index (χ1v) is 14.9. The van der Waals surface area contributed by atoms with Crippen LogP contribution in [0.5, 0.6) is 0 Å². The number of benzene rings is 2. The molecule has 0 bridgehead atoms. The van der Waals surface area contributed by atoms with E-state index in [0.717, 1.165) is 6.07 Å². The average molecular weight is 647 g/mol. The monoisotopic (exact) mass is 646 g/mol. The first-order chi connectivity index (χ1) is 21.6. The Labute approximate surface area is 262 Å². The van der Waals surface area contributed by atoms with E-state index in [0.29, 0.717) is 17.3 Å². The molecule has 15 heteroatoms. The van der Waals surface area contributed by atoms with E-state index in [9.17, 15) is 14.4 Å². The number of nitrogens with one attached hydrogen (secondary N) is 2. The lowest BCUT2D eigenvalue weighted by Gasteiger charge is -2.38. The number of piperazine rings is 1. The number of carbonyl (C=O) groups excluding carboxylic acids is 2. The summed E-state index contributed by atoms with van der Waals surface area (Å²) in [4.78, 5) is 42.4. The number of carbonyl (C=O) groups is 2. The second-order valence-electron chi connectivity index (χ2n) is 10.5. The molecule has 5 rings (SSSR count). The first-order valence-electron chi connectivity index (χ1n) is 14.5. The molecule has 0 unspecified atom stereocenters. The third kappa shape index (κ3) is 6.21.